The summed E-state index contributed by atoms with van der Waals surface area (Å²) < 4.78 is 0. The molecule has 0 unspecified atom stereocenters. The summed E-state index contributed by atoms with van der Waals surface area (Å²) >= 11 is 0. The Morgan fingerprint density at radius 2 is 1.91 bits per heavy atom. The topological polar surface area (TPSA) is 151 Å². The molecule has 9 heteroatoms. The molecule has 0 aliphatic carbocycles. The summed E-state index contributed by atoms with van der Waals surface area (Å²) in [5.74, 6) is -1.16. The van der Waals surface area contributed by atoms with E-state index in [2.05, 4.69) is 16.0 Å². The summed E-state index contributed by atoms with van der Waals surface area (Å²) in [5, 5.41) is 15.8. The summed E-state index contributed by atoms with van der Waals surface area (Å²) in [6.45, 7) is 3.40. The van der Waals surface area contributed by atoms with Gasteiger partial charge in [0, 0.05) is 24.9 Å². The third kappa shape index (κ3) is 9.46. The lowest BCUT2D eigenvalue weighted by molar-refractivity contribution is -0.129. The predicted molar refractivity (Wildman–Crippen MR) is 83.7 cm³/mol. The molecular weight excluding hydrogens is 304 g/mol. The number of nitrogens with one attached hydrogen (secondary N) is 3. The Kier molecular flexibility index (Phi) is 10.3. The van der Waals surface area contributed by atoms with Crippen LogP contribution in [-0.4, -0.2) is 54.5 Å². The number of nitrogens with two attached hydrogens (primary N) is 1. The number of carbonyl (C=O) groups is 4. The van der Waals surface area contributed by atoms with Gasteiger partial charge in [-0.05, 0) is 12.8 Å². The number of aldehydes is 1. The van der Waals surface area contributed by atoms with E-state index in [1.54, 1.807) is 6.92 Å². The highest BCUT2D eigenvalue weighted by Gasteiger charge is 2.24. The average molecular weight is 330 g/mol. The highest BCUT2D eigenvalue weighted by molar-refractivity contribution is 5.88. The van der Waals surface area contributed by atoms with E-state index < -0.39 is 24.1 Å². The first kappa shape index (κ1) is 20.8. The molecule has 0 spiro atoms. The predicted octanol–water partition coefficient (Wildman–Crippen LogP) is -0.792. The van der Waals surface area contributed by atoms with Crippen molar-refractivity contribution in [3.05, 3.63) is 0 Å². The summed E-state index contributed by atoms with van der Waals surface area (Å²) in [5.41, 5.74) is 5.57. The van der Waals surface area contributed by atoms with Crippen LogP contribution in [0.2, 0.25) is 0 Å². The normalized spacial score (nSPS) is 14.2. The molecular formula is C14H26N4O5. The SMILES string of the molecule is CCCC(=O)N[C@@H](CNC(=O)O)C(=O)N[C@H](CN)C[C@H](C)C=O. The molecule has 0 fully saturated rings. The van der Waals surface area contributed by atoms with Gasteiger partial charge in [-0.25, -0.2) is 4.79 Å². The van der Waals surface area contributed by atoms with Gasteiger partial charge in [0.15, 0.2) is 0 Å². The highest BCUT2D eigenvalue weighted by atomic mass is 16.4. The first-order valence-corrected chi connectivity index (χ1v) is 7.55. The fourth-order valence-corrected chi connectivity index (χ4v) is 1.91. The van der Waals surface area contributed by atoms with E-state index >= 15 is 0 Å². The fourth-order valence-electron chi connectivity index (χ4n) is 1.91. The van der Waals surface area contributed by atoms with Gasteiger partial charge >= 0.3 is 6.09 Å². The zero-order chi connectivity index (χ0) is 17.8. The van der Waals surface area contributed by atoms with Gasteiger partial charge in [0.25, 0.3) is 0 Å². The Morgan fingerprint density at radius 1 is 1.26 bits per heavy atom. The van der Waals surface area contributed by atoms with Gasteiger partial charge in [0.05, 0.1) is 6.54 Å². The van der Waals surface area contributed by atoms with Crippen LogP contribution in [0.5, 0.6) is 0 Å². The number of rotatable bonds is 11. The van der Waals surface area contributed by atoms with Crippen LogP contribution in [0.25, 0.3) is 0 Å². The molecule has 0 aliphatic heterocycles. The molecule has 0 saturated carbocycles. The van der Waals surface area contributed by atoms with Crippen LogP contribution in [0.4, 0.5) is 4.79 Å². The van der Waals surface area contributed by atoms with Crippen LogP contribution in [0.1, 0.15) is 33.1 Å². The molecule has 0 saturated heterocycles. The number of carboxylic acid groups (broad SMARTS) is 1. The minimum absolute atomic E-state index is 0.131. The molecule has 0 aliphatic rings. The van der Waals surface area contributed by atoms with Crippen LogP contribution in [0.3, 0.4) is 0 Å². The van der Waals surface area contributed by atoms with E-state index in [0.29, 0.717) is 12.8 Å². The number of carbonyl (C=O) groups excluding carboxylic acids is 3. The van der Waals surface area contributed by atoms with Crippen molar-refractivity contribution in [1.82, 2.24) is 16.0 Å². The Morgan fingerprint density at radius 3 is 2.39 bits per heavy atom. The Bertz CT molecular complexity index is 416. The van der Waals surface area contributed by atoms with E-state index in [0.717, 1.165) is 6.29 Å². The van der Waals surface area contributed by atoms with Crippen LogP contribution >= 0.6 is 0 Å². The van der Waals surface area contributed by atoms with Gasteiger partial charge in [-0.15, -0.1) is 0 Å². The van der Waals surface area contributed by atoms with Crippen LogP contribution in [0, 0.1) is 5.92 Å². The molecule has 23 heavy (non-hydrogen) atoms. The smallest absolute Gasteiger partial charge is 0.404 e. The van der Waals surface area contributed by atoms with Crippen LogP contribution in [-0.2, 0) is 14.4 Å². The second-order valence-electron chi connectivity index (χ2n) is 5.35. The molecule has 0 aromatic heterocycles. The fraction of sp³-hybridized carbons (Fsp3) is 0.714. The molecule has 0 rings (SSSR count). The Balaban J connectivity index is 4.76. The van der Waals surface area contributed by atoms with E-state index in [-0.39, 0.29) is 31.3 Å². The van der Waals surface area contributed by atoms with Crippen molar-refractivity contribution in [1.29, 1.82) is 0 Å². The Labute approximate surface area is 135 Å². The minimum atomic E-state index is -1.29. The standard InChI is InChI=1S/C14H26N4O5/c1-3-4-12(20)18-11(7-16-14(22)23)13(21)17-10(6-15)5-9(2)8-19/h8-11,16H,3-7,15H2,1-2H3,(H,17,21)(H,18,20)(H,22,23)/t9-,10-,11-/m0/s1. The third-order valence-corrected chi connectivity index (χ3v) is 3.11. The summed E-state index contributed by atoms with van der Waals surface area (Å²) in [7, 11) is 0. The largest absolute Gasteiger partial charge is 0.465 e. The van der Waals surface area contributed by atoms with Crippen LogP contribution < -0.4 is 21.7 Å². The van der Waals surface area contributed by atoms with Gasteiger partial charge < -0.3 is 31.6 Å². The first-order valence-electron chi connectivity index (χ1n) is 7.55. The van der Waals surface area contributed by atoms with Gasteiger partial charge in [0.2, 0.25) is 11.8 Å². The number of hydrogen-bond donors (Lipinski definition) is 5. The molecule has 6 N–H and O–H groups in total. The third-order valence-electron chi connectivity index (χ3n) is 3.11. The quantitative estimate of drug-likeness (QED) is 0.313. The zero-order valence-corrected chi connectivity index (χ0v) is 13.5. The van der Waals surface area contributed by atoms with Gasteiger partial charge in [-0.3, -0.25) is 9.59 Å². The molecule has 0 radical (unpaired) electrons. The maximum absolute atomic E-state index is 12.2. The van der Waals surface area contributed by atoms with Crippen molar-refractivity contribution < 1.29 is 24.3 Å². The lowest BCUT2D eigenvalue weighted by atomic mass is 10.0. The summed E-state index contributed by atoms with van der Waals surface area (Å²) in [6, 6.07) is -1.47. The number of amides is 3. The summed E-state index contributed by atoms with van der Waals surface area (Å²) in [6.07, 6.45) is 0.681. The molecule has 9 nitrogen and oxygen atoms in total. The highest BCUT2D eigenvalue weighted by Crippen LogP contribution is 2.02. The van der Waals surface area contributed by atoms with E-state index in [9.17, 15) is 19.2 Å². The van der Waals surface area contributed by atoms with Crippen molar-refractivity contribution >= 4 is 24.2 Å². The van der Waals surface area contributed by atoms with E-state index in [4.69, 9.17) is 10.8 Å². The van der Waals surface area contributed by atoms with Crippen molar-refractivity contribution in [3.8, 4) is 0 Å². The molecule has 132 valence electrons. The minimum Gasteiger partial charge on any atom is -0.465 e. The first-order chi connectivity index (χ1) is 10.8. The molecule has 0 aromatic carbocycles. The van der Waals surface area contributed by atoms with Gasteiger partial charge in [-0.1, -0.05) is 13.8 Å². The second kappa shape index (κ2) is 11.4. The lowest BCUT2D eigenvalue weighted by Crippen LogP contribution is -2.55. The molecule has 0 heterocycles. The van der Waals surface area contributed by atoms with Crippen molar-refractivity contribution in [2.45, 2.75) is 45.2 Å². The van der Waals surface area contributed by atoms with Crippen molar-refractivity contribution in [2.75, 3.05) is 13.1 Å². The Hall–Kier alpha value is -2.16. The van der Waals surface area contributed by atoms with Crippen LogP contribution in [0.15, 0.2) is 0 Å². The average Bonchev–Trinajstić information content (AvgIpc) is 2.50. The van der Waals surface area contributed by atoms with Crippen molar-refractivity contribution in [3.63, 3.8) is 0 Å². The molecule has 3 atom stereocenters. The number of hydrogen-bond acceptors (Lipinski definition) is 5. The van der Waals surface area contributed by atoms with Gasteiger partial charge in [0.1, 0.15) is 12.3 Å². The summed E-state index contributed by atoms with van der Waals surface area (Å²) in [4.78, 5) is 45.1. The molecule has 3 amide bonds. The van der Waals surface area contributed by atoms with Crippen molar-refractivity contribution in [2.24, 2.45) is 11.7 Å². The second-order valence-corrected chi connectivity index (χ2v) is 5.35. The maximum atomic E-state index is 12.2. The van der Waals surface area contributed by atoms with Gasteiger partial charge in [-0.2, -0.15) is 0 Å². The molecule has 0 bridgehead atoms. The van der Waals surface area contributed by atoms with E-state index in [1.165, 1.54) is 0 Å². The monoisotopic (exact) mass is 330 g/mol. The zero-order valence-electron chi connectivity index (χ0n) is 13.5. The molecule has 0 aromatic rings. The van der Waals surface area contributed by atoms with E-state index in [1.807, 2.05) is 6.92 Å². The lowest BCUT2D eigenvalue weighted by Gasteiger charge is -2.23. The maximum Gasteiger partial charge on any atom is 0.404 e.